The van der Waals surface area contributed by atoms with Crippen molar-refractivity contribution in [2.24, 2.45) is 0 Å². The molecule has 2 heterocycles. The van der Waals surface area contributed by atoms with Crippen molar-refractivity contribution in [3.63, 3.8) is 0 Å². The summed E-state index contributed by atoms with van der Waals surface area (Å²) in [6.07, 6.45) is 2.99. The molecule has 0 saturated carbocycles. The summed E-state index contributed by atoms with van der Waals surface area (Å²) in [5, 5.41) is 12.4. The molecule has 2 aromatic rings. The minimum atomic E-state index is -0.304. The smallest absolute Gasteiger partial charge is 0.304 e. The second-order valence-corrected chi connectivity index (χ2v) is 9.09. The highest BCUT2D eigenvalue weighted by molar-refractivity contribution is 8.03. The summed E-state index contributed by atoms with van der Waals surface area (Å²) < 4.78 is 7.81. The van der Waals surface area contributed by atoms with Crippen molar-refractivity contribution in [1.29, 1.82) is 0 Å². The number of nitrogens with one attached hydrogen (secondary N) is 1. The first-order chi connectivity index (χ1) is 15.3. The number of imidazole rings is 1. The number of aromatic nitrogens is 2. The van der Waals surface area contributed by atoms with Crippen molar-refractivity contribution in [3.8, 4) is 11.8 Å². The fourth-order valence-electron chi connectivity index (χ4n) is 3.31. The predicted molar refractivity (Wildman–Crippen MR) is 125 cm³/mol. The number of rotatable bonds is 10. The van der Waals surface area contributed by atoms with E-state index >= 15 is 0 Å². The Morgan fingerprint density at radius 1 is 1.38 bits per heavy atom. The molecular weight excluding hydrogens is 430 g/mol. The largest absolute Gasteiger partial charge is 0.425 e. The molecule has 1 aromatic carbocycles. The minimum absolute atomic E-state index is 0.0206. The van der Waals surface area contributed by atoms with E-state index in [1.807, 2.05) is 44.3 Å². The first-order valence-corrected chi connectivity index (χ1v) is 11.2. The lowest BCUT2D eigenvalue weighted by molar-refractivity contribution is -0.107. The number of anilines is 1. The van der Waals surface area contributed by atoms with Crippen LogP contribution in [0, 0.1) is 6.92 Å². The second kappa shape index (κ2) is 10.6. The Morgan fingerprint density at radius 2 is 2.16 bits per heavy atom. The zero-order valence-electron chi connectivity index (χ0n) is 18.7. The molecule has 0 spiro atoms. The van der Waals surface area contributed by atoms with E-state index in [0.29, 0.717) is 31.7 Å². The van der Waals surface area contributed by atoms with Gasteiger partial charge in [0.05, 0.1) is 11.9 Å². The van der Waals surface area contributed by atoms with Gasteiger partial charge in [-0.3, -0.25) is 14.2 Å². The highest BCUT2D eigenvalue weighted by Crippen LogP contribution is 2.33. The number of hydrogen-bond acceptors (Lipinski definition) is 7. The average molecular weight is 460 g/mol. The molecule has 2 amide bonds. The number of benzene rings is 1. The molecule has 1 unspecified atom stereocenters. The van der Waals surface area contributed by atoms with Gasteiger partial charge < -0.3 is 25.0 Å². The molecule has 0 saturated heterocycles. The monoisotopic (exact) mass is 459 g/mol. The lowest BCUT2D eigenvalue weighted by atomic mass is 10.2. The molecule has 32 heavy (non-hydrogen) atoms. The standard InChI is InChI=1S/C22H29N5O4S/c1-15-7-5-8-17(11-15)31-22-24-20(26(4)14-29)19(21(30)25(3)9-6-10-28)27(22)13-18-23-12-16(2)32-18/h5,7-8,11-12,14,18,23,28H,6,9-10,13H2,1-4H3. The van der Waals surface area contributed by atoms with Crippen LogP contribution in [-0.4, -0.2) is 64.5 Å². The number of aliphatic hydroxyl groups is 1. The third kappa shape index (κ3) is 5.43. The second-order valence-electron chi connectivity index (χ2n) is 7.64. The molecule has 9 nitrogen and oxygen atoms in total. The van der Waals surface area contributed by atoms with Gasteiger partial charge >= 0.3 is 6.01 Å². The maximum atomic E-state index is 13.4. The molecule has 3 rings (SSSR count). The highest BCUT2D eigenvalue weighted by atomic mass is 32.2. The lowest BCUT2D eigenvalue weighted by Gasteiger charge is -2.21. The van der Waals surface area contributed by atoms with Gasteiger partial charge in [-0.15, -0.1) is 11.8 Å². The van der Waals surface area contributed by atoms with Gasteiger partial charge in [0.2, 0.25) is 6.41 Å². The fraction of sp³-hybridized carbons (Fsp3) is 0.409. The molecule has 2 N–H and O–H groups in total. The third-order valence-electron chi connectivity index (χ3n) is 4.95. The summed E-state index contributed by atoms with van der Waals surface area (Å²) in [4.78, 5) is 33.5. The molecule has 0 fully saturated rings. The summed E-state index contributed by atoms with van der Waals surface area (Å²) in [5.41, 5.74) is 1.29. The third-order valence-corrected chi connectivity index (χ3v) is 6.01. The summed E-state index contributed by atoms with van der Waals surface area (Å²) in [6, 6.07) is 7.77. The Morgan fingerprint density at radius 3 is 2.78 bits per heavy atom. The number of ether oxygens (including phenoxy) is 1. The van der Waals surface area contributed by atoms with Crippen LogP contribution in [0.2, 0.25) is 0 Å². The Kier molecular flexibility index (Phi) is 7.81. The quantitative estimate of drug-likeness (QED) is 0.527. The van der Waals surface area contributed by atoms with E-state index in [0.717, 1.165) is 10.5 Å². The summed E-state index contributed by atoms with van der Waals surface area (Å²) in [7, 11) is 3.21. The van der Waals surface area contributed by atoms with Gasteiger partial charge in [0.25, 0.3) is 5.91 Å². The number of allylic oxidation sites excluding steroid dienone is 1. The first kappa shape index (κ1) is 23.7. The van der Waals surface area contributed by atoms with Gasteiger partial charge in [-0.1, -0.05) is 12.1 Å². The molecule has 1 aliphatic heterocycles. The van der Waals surface area contributed by atoms with E-state index in [4.69, 9.17) is 9.84 Å². The Hall–Kier alpha value is -2.98. The van der Waals surface area contributed by atoms with Crippen molar-refractivity contribution >= 4 is 29.9 Å². The van der Waals surface area contributed by atoms with Crippen LogP contribution in [-0.2, 0) is 11.3 Å². The van der Waals surface area contributed by atoms with Crippen LogP contribution in [0.5, 0.6) is 11.8 Å². The van der Waals surface area contributed by atoms with Crippen LogP contribution in [0.1, 0.15) is 29.4 Å². The van der Waals surface area contributed by atoms with Gasteiger partial charge in [0.15, 0.2) is 11.5 Å². The van der Waals surface area contributed by atoms with Crippen LogP contribution in [0.15, 0.2) is 35.4 Å². The zero-order valence-corrected chi connectivity index (χ0v) is 19.6. The van der Waals surface area contributed by atoms with Crippen LogP contribution in [0.25, 0.3) is 0 Å². The van der Waals surface area contributed by atoms with Crippen LogP contribution >= 0.6 is 11.8 Å². The zero-order chi connectivity index (χ0) is 23.3. The number of carbonyl (C=O) groups is 2. The molecule has 172 valence electrons. The summed E-state index contributed by atoms with van der Waals surface area (Å²) in [5.74, 6) is 0.503. The van der Waals surface area contributed by atoms with Gasteiger partial charge in [-0.25, -0.2) is 0 Å². The molecule has 1 atom stereocenters. The Balaban J connectivity index is 2.06. The molecule has 0 radical (unpaired) electrons. The van der Waals surface area contributed by atoms with Crippen LogP contribution < -0.4 is 15.0 Å². The Labute approximate surface area is 192 Å². The summed E-state index contributed by atoms with van der Waals surface area (Å²) in [6.45, 7) is 4.72. The maximum absolute atomic E-state index is 13.4. The highest BCUT2D eigenvalue weighted by Gasteiger charge is 2.30. The van der Waals surface area contributed by atoms with E-state index in [9.17, 15) is 9.59 Å². The van der Waals surface area contributed by atoms with E-state index in [1.165, 1.54) is 9.80 Å². The topological polar surface area (TPSA) is 99.9 Å². The van der Waals surface area contributed by atoms with Crippen molar-refractivity contribution in [2.75, 3.05) is 32.1 Å². The van der Waals surface area contributed by atoms with E-state index in [-0.39, 0.29) is 35.4 Å². The first-order valence-electron chi connectivity index (χ1n) is 10.3. The SMILES string of the molecule is CC1=CNC(Cn2c(Oc3cccc(C)c3)nc(N(C)C=O)c2C(=O)N(C)CCCO)S1. The fourth-order valence-corrected chi connectivity index (χ4v) is 4.25. The van der Waals surface area contributed by atoms with Gasteiger partial charge in [-0.05, 0) is 42.9 Å². The van der Waals surface area contributed by atoms with Gasteiger partial charge in [0.1, 0.15) is 5.75 Å². The number of thioether (sulfide) groups is 1. The van der Waals surface area contributed by atoms with Crippen LogP contribution in [0.3, 0.4) is 0 Å². The van der Waals surface area contributed by atoms with Crippen molar-refractivity contribution < 1.29 is 19.4 Å². The number of nitrogens with zero attached hydrogens (tertiary/aromatic N) is 4. The number of carbonyl (C=O) groups excluding carboxylic acids is 2. The van der Waals surface area contributed by atoms with Crippen molar-refractivity contribution in [2.45, 2.75) is 32.2 Å². The Bertz CT molecular complexity index is 1010. The van der Waals surface area contributed by atoms with E-state index < -0.39 is 0 Å². The van der Waals surface area contributed by atoms with E-state index in [2.05, 4.69) is 10.3 Å². The molecule has 0 bridgehead atoms. The number of aliphatic hydroxyl groups excluding tert-OH is 1. The number of amides is 2. The molecule has 1 aromatic heterocycles. The predicted octanol–water partition coefficient (Wildman–Crippen LogP) is 2.55. The normalized spacial score (nSPS) is 15.2. The lowest BCUT2D eigenvalue weighted by Crippen LogP contribution is -2.33. The van der Waals surface area contributed by atoms with Gasteiger partial charge in [-0.2, -0.15) is 4.98 Å². The molecule has 10 heteroatoms. The average Bonchev–Trinajstić information content (AvgIpc) is 3.34. The number of hydrogen-bond donors (Lipinski definition) is 2. The van der Waals surface area contributed by atoms with Gasteiger partial charge in [0, 0.05) is 33.4 Å². The van der Waals surface area contributed by atoms with Crippen LogP contribution in [0.4, 0.5) is 5.82 Å². The molecule has 0 aliphatic carbocycles. The minimum Gasteiger partial charge on any atom is -0.425 e. The number of aryl methyl sites for hydroxylation is 1. The molecule has 1 aliphatic rings. The van der Waals surface area contributed by atoms with E-state index in [1.54, 1.807) is 30.4 Å². The molecular formula is C22H29N5O4S. The summed E-state index contributed by atoms with van der Waals surface area (Å²) >= 11 is 1.65. The van der Waals surface area contributed by atoms with Crippen molar-refractivity contribution in [1.82, 2.24) is 19.8 Å². The maximum Gasteiger partial charge on any atom is 0.304 e. The van der Waals surface area contributed by atoms with Crippen molar-refractivity contribution in [3.05, 3.63) is 46.6 Å².